The SMILES string of the molecule is CC(O)(OC1CCCCO1)N1CCCC1. The predicted molar refractivity (Wildman–Crippen MR) is 56.1 cm³/mol. The molecule has 0 aliphatic carbocycles. The molecule has 0 aromatic heterocycles. The van der Waals surface area contributed by atoms with Crippen molar-refractivity contribution < 1.29 is 14.6 Å². The first kappa shape index (κ1) is 11.3. The lowest BCUT2D eigenvalue weighted by atomic mass is 10.2. The van der Waals surface area contributed by atoms with Crippen LogP contribution in [-0.2, 0) is 9.47 Å². The fourth-order valence-electron chi connectivity index (χ4n) is 2.26. The quantitative estimate of drug-likeness (QED) is 0.720. The molecule has 0 spiro atoms. The second-order valence-electron chi connectivity index (χ2n) is 4.54. The van der Waals surface area contributed by atoms with Crippen LogP contribution in [0.1, 0.15) is 39.0 Å². The van der Waals surface area contributed by atoms with Crippen molar-refractivity contribution in [2.75, 3.05) is 19.7 Å². The van der Waals surface area contributed by atoms with E-state index in [0.717, 1.165) is 51.8 Å². The fourth-order valence-corrected chi connectivity index (χ4v) is 2.26. The van der Waals surface area contributed by atoms with Gasteiger partial charge in [0, 0.05) is 26.6 Å². The van der Waals surface area contributed by atoms with Crippen molar-refractivity contribution in [3.63, 3.8) is 0 Å². The average molecular weight is 215 g/mol. The van der Waals surface area contributed by atoms with Gasteiger partial charge >= 0.3 is 0 Å². The largest absolute Gasteiger partial charge is 0.353 e. The molecule has 2 heterocycles. The van der Waals surface area contributed by atoms with Gasteiger partial charge < -0.3 is 14.6 Å². The number of aliphatic hydroxyl groups is 1. The first-order valence-electron chi connectivity index (χ1n) is 5.95. The lowest BCUT2D eigenvalue weighted by Crippen LogP contribution is -2.49. The third-order valence-electron chi connectivity index (χ3n) is 3.19. The molecule has 88 valence electrons. The smallest absolute Gasteiger partial charge is 0.226 e. The maximum Gasteiger partial charge on any atom is 0.226 e. The van der Waals surface area contributed by atoms with Gasteiger partial charge in [-0.1, -0.05) is 0 Å². The second kappa shape index (κ2) is 4.78. The highest BCUT2D eigenvalue weighted by atomic mass is 16.8. The summed E-state index contributed by atoms with van der Waals surface area (Å²) in [5.74, 6) is -1.15. The Hall–Kier alpha value is -0.160. The summed E-state index contributed by atoms with van der Waals surface area (Å²) in [6.07, 6.45) is 5.18. The van der Waals surface area contributed by atoms with Crippen LogP contribution in [0.2, 0.25) is 0 Å². The standard InChI is InChI=1S/C11H21NO3/c1-11(13,12-7-3-4-8-12)15-10-6-2-5-9-14-10/h10,13H,2-9H2,1H3. The molecule has 0 radical (unpaired) electrons. The van der Waals surface area contributed by atoms with E-state index in [9.17, 15) is 5.11 Å². The normalized spacial score (nSPS) is 32.8. The van der Waals surface area contributed by atoms with Crippen LogP contribution in [-0.4, -0.2) is 41.9 Å². The van der Waals surface area contributed by atoms with Crippen molar-refractivity contribution in [1.82, 2.24) is 4.90 Å². The lowest BCUT2D eigenvalue weighted by Gasteiger charge is -2.37. The molecular weight excluding hydrogens is 194 g/mol. The third kappa shape index (κ3) is 2.91. The van der Waals surface area contributed by atoms with E-state index in [4.69, 9.17) is 9.47 Å². The van der Waals surface area contributed by atoms with Crippen LogP contribution in [0.3, 0.4) is 0 Å². The summed E-state index contributed by atoms with van der Waals surface area (Å²) in [5.41, 5.74) is 0. The van der Waals surface area contributed by atoms with Crippen LogP contribution in [0.25, 0.3) is 0 Å². The minimum Gasteiger partial charge on any atom is -0.353 e. The summed E-state index contributed by atoms with van der Waals surface area (Å²) in [7, 11) is 0. The maximum absolute atomic E-state index is 10.2. The summed E-state index contributed by atoms with van der Waals surface area (Å²) in [6, 6.07) is 0. The van der Waals surface area contributed by atoms with Crippen molar-refractivity contribution >= 4 is 0 Å². The van der Waals surface area contributed by atoms with Gasteiger partial charge in [0.1, 0.15) is 0 Å². The van der Waals surface area contributed by atoms with Gasteiger partial charge in [0.05, 0.1) is 0 Å². The minimum absolute atomic E-state index is 0.227. The van der Waals surface area contributed by atoms with E-state index in [1.807, 2.05) is 4.90 Å². The zero-order chi connectivity index (χ0) is 10.7. The monoisotopic (exact) mass is 215 g/mol. The molecule has 4 heteroatoms. The van der Waals surface area contributed by atoms with Crippen LogP contribution >= 0.6 is 0 Å². The van der Waals surface area contributed by atoms with E-state index in [2.05, 4.69) is 0 Å². The molecular formula is C11H21NO3. The lowest BCUT2D eigenvalue weighted by molar-refractivity contribution is -0.344. The van der Waals surface area contributed by atoms with Crippen LogP contribution in [0.4, 0.5) is 0 Å². The van der Waals surface area contributed by atoms with Crippen LogP contribution in [0.5, 0.6) is 0 Å². The molecule has 2 atom stereocenters. The molecule has 0 aromatic rings. The average Bonchev–Trinajstić information content (AvgIpc) is 2.71. The van der Waals surface area contributed by atoms with Crippen molar-refractivity contribution in [3.05, 3.63) is 0 Å². The van der Waals surface area contributed by atoms with Crippen LogP contribution in [0, 0.1) is 0 Å². The number of ether oxygens (including phenoxy) is 2. The molecule has 2 aliphatic rings. The summed E-state index contributed by atoms with van der Waals surface area (Å²) < 4.78 is 11.1. The van der Waals surface area contributed by atoms with Gasteiger partial charge in [-0.15, -0.1) is 0 Å². The highest BCUT2D eigenvalue weighted by Crippen LogP contribution is 2.24. The molecule has 0 saturated carbocycles. The van der Waals surface area contributed by atoms with Crippen molar-refractivity contribution in [2.45, 2.75) is 51.2 Å². The van der Waals surface area contributed by atoms with Crippen LogP contribution < -0.4 is 0 Å². The molecule has 4 nitrogen and oxygen atoms in total. The Morgan fingerprint density at radius 3 is 2.60 bits per heavy atom. The first-order valence-corrected chi connectivity index (χ1v) is 5.95. The Bertz CT molecular complexity index is 196. The van der Waals surface area contributed by atoms with E-state index in [1.165, 1.54) is 0 Å². The van der Waals surface area contributed by atoms with Gasteiger partial charge in [-0.3, -0.25) is 4.90 Å². The van der Waals surface area contributed by atoms with Gasteiger partial charge in [-0.25, -0.2) is 0 Å². The highest BCUT2D eigenvalue weighted by Gasteiger charge is 2.35. The fraction of sp³-hybridized carbons (Fsp3) is 1.00. The van der Waals surface area contributed by atoms with Gasteiger partial charge in [0.25, 0.3) is 0 Å². The van der Waals surface area contributed by atoms with Crippen molar-refractivity contribution in [1.29, 1.82) is 0 Å². The molecule has 1 N–H and O–H groups in total. The molecule has 2 aliphatic heterocycles. The Kier molecular flexibility index (Phi) is 3.61. The Morgan fingerprint density at radius 1 is 1.27 bits per heavy atom. The Morgan fingerprint density at radius 2 is 2.00 bits per heavy atom. The number of hydrogen-bond acceptors (Lipinski definition) is 4. The van der Waals surface area contributed by atoms with E-state index >= 15 is 0 Å². The minimum atomic E-state index is -1.15. The predicted octanol–water partition coefficient (Wildman–Crippen LogP) is 1.29. The molecule has 2 saturated heterocycles. The van der Waals surface area contributed by atoms with Gasteiger partial charge in [-0.05, 0) is 32.1 Å². The highest BCUT2D eigenvalue weighted by molar-refractivity contribution is 4.73. The summed E-state index contributed by atoms with van der Waals surface area (Å²) in [6.45, 7) is 4.30. The van der Waals surface area contributed by atoms with E-state index in [0.29, 0.717) is 0 Å². The number of nitrogens with zero attached hydrogens (tertiary/aromatic N) is 1. The van der Waals surface area contributed by atoms with E-state index in [-0.39, 0.29) is 6.29 Å². The molecule has 15 heavy (non-hydrogen) atoms. The molecule has 0 amide bonds. The van der Waals surface area contributed by atoms with Gasteiger partial charge in [0.15, 0.2) is 6.29 Å². The molecule has 2 rings (SSSR count). The van der Waals surface area contributed by atoms with Gasteiger partial charge in [-0.2, -0.15) is 0 Å². The Labute approximate surface area is 91.2 Å². The zero-order valence-corrected chi connectivity index (χ0v) is 9.45. The van der Waals surface area contributed by atoms with E-state index in [1.54, 1.807) is 6.92 Å². The molecule has 2 unspecified atom stereocenters. The maximum atomic E-state index is 10.2. The van der Waals surface area contributed by atoms with Crippen molar-refractivity contribution in [2.24, 2.45) is 0 Å². The molecule has 0 bridgehead atoms. The third-order valence-corrected chi connectivity index (χ3v) is 3.19. The zero-order valence-electron chi connectivity index (χ0n) is 9.45. The van der Waals surface area contributed by atoms with Gasteiger partial charge in [0.2, 0.25) is 5.91 Å². The first-order chi connectivity index (χ1) is 7.18. The second-order valence-corrected chi connectivity index (χ2v) is 4.54. The molecule has 2 fully saturated rings. The van der Waals surface area contributed by atoms with E-state index < -0.39 is 5.91 Å². The topological polar surface area (TPSA) is 41.9 Å². The summed E-state index contributed by atoms with van der Waals surface area (Å²) in [4.78, 5) is 1.98. The van der Waals surface area contributed by atoms with Crippen molar-refractivity contribution in [3.8, 4) is 0 Å². The van der Waals surface area contributed by atoms with Crippen LogP contribution in [0.15, 0.2) is 0 Å². The Balaban J connectivity index is 1.84. The number of rotatable bonds is 3. The number of likely N-dealkylation sites (tertiary alicyclic amines) is 1. The number of hydrogen-bond donors (Lipinski definition) is 1. The molecule has 0 aromatic carbocycles. The summed E-state index contributed by atoms with van der Waals surface area (Å²) >= 11 is 0. The summed E-state index contributed by atoms with van der Waals surface area (Å²) in [5, 5.41) is 10.2.